The van der Waals surface area contributed by atoms with Gasteiger partial charge in [-0.1, -0.05) is 46.8 Å². The van der Waals surface area contributed by atoms with E-state index in [0.29, 0.717) is 19.6 Å². The smallest absolute Gasteiger partial charge is 0.192 e. The lowest BCUT2D eigenvalue weighted by atomic mass is 9.86. The van der Waals surface area contributed by atoms with E-state index in [4.69, 9.17) is 13.9 Å². The van der Waals surface area contributed by atoms with Crippen molar-refractivity contribution in [2.75, 3.05) is 13.7 Å². The molecule has 0 aromatic heterocycles. The van der Waals surface area contributed by atoms with Gasteiger partial charge in [-0.15, -0.1) is 0 Å². The highest BCUT2D eigenvalue weighted by Gasteiger charge is 2.40. The van der Waals surface area contributed by atoms with E-state index < -0.39 is 8.32 Å². The standard InChI is InChI=1S/C21H36O4Si/c1-20(2,3)26(7,8)25-16-21(4,5)19(13-14-22)24-15-17-9-11-18(23-6)12-10-17/h9-12,14,19H,13,15-16H2,1-8H3/t19-/m0/s1. The summed E-state index contributed by atoms with van der Waals surface area (Å²) in [6.45, 7) is 16.5. The summed E-state index contributed by atoms with van der Waals surface area (Å²) in [5, 5.41) is 0.160. The Bertz CT molecular complexity index is 558. The zero-order valence-electron chi connectivity index (χ0n) is 17.7. The first-order valence-electron chi connectivity index (χ1n) is 9.25. The van der Waals surface area contributed by atoms with Crippen LogP contribution in [0.2, 0.25) is 18.1 Å². The van der Waals surface area contributed by atoms with Gasteiger partial charge in [-0.25, -0.2) is 0 Å². The van der Waals surface area contributed by atoms with Crippen LogP contribution in [0.5, 0.6) is 5.75 Å². The minimum absolute atomic E-state index is 0.160. The fourth-order valence-electron chi connectivity index (χ4n) is 2.29. The highest BCUT2D eigenvalue weighted by Crippen LogP contribution is 2.38. The quantitative estimate of drug-likeness (QED) is 0.412. The van der Waals surface area contributed by atoms with Crippen LogP contribution in [0.3, 0.4) is 0 Å². The molecule has 1 aromatic carbocycles. The van der Waals surface area contributed by atoms with E-state index in [-0.39, 0.29) is 16.6 Å². The summed E-state index contributed by atoms with van der Waals surface area (Å²) >= 11 is 0. The number of methoxy groups -OCH3 is 1. The highest BCUT2D eigenvalue weighted by molar-refractivity contribution is 6.74. The molecule has 0 radical (unpaired) electrons. The third-order valence-electron chi connectivity index (χ3n) is 5.40. The summed E-state index contributed by atoms with van der Waals surface area (Å²) < 4.78 is 17.7. The molecule has 1 rings (SSSR count). The molecule has 1 atom stereocenters. The first-order chi connectivity index (χ1) is 11.9. The van der Waals surface area contributed by atoms with Crippen LogP contribution >= 0.6 is 0 Å². The third kappa shape index (κ3) is 6.52. The number of rotatable bonds is 10. The van der Waals surface area contributed by atoms with E-state index in [1.165, 1.54) is 0 Å². The van der Waals surface area contributed by atoms with E-state index in [2.05, 4.69) is 47.7 Å². The third-order valence-corrected chi connectivity index (χ3v) is 9.88. The Morgan fingerprint density at radius 2 is 1.65 bits per heavy atom. The largest absolute Gasteiger partial charge is 0.497 e. The van der Waals surface area contributed by atoms with Crippen LogP contribution in [0.4, 0.5) is 0 Å². The van der Waals surface area contributed by atoms with Crippen LogP contribution in [0, 0.1) is 5.41 Å². The molecule has 0 aliphatic carbocycles. The molecule has 148 valence electrons. The summed E-state index contributed by atoms with van der Waals surface area (Å²) in [7, 11) is -0.189. The molecular weight excluding hydrogens is 344 g/mol. The van der Waals surface area contributed by atoms with Crippen LogP contribution < -0.4 is 4.74 Å². The van der Waals surface area contributed by atoms with Crippen LogP contribution in [0.1, 0.15) is 46.6 Å². The maximum Gasteiger partial charge on any atom is 0.192 e. The summed E-state index contributed by atoms with van der Waals surface area (Å²) in [4.78, 5) is 11.2. The number of aldehydes is 1. The summed E-state index contributed by atoms with van der Waals surface area (Å²) in [6.07, 6.45) is 1.11. The first-order valence-corrected chi connectivity index (χ1v) is 12.2. The van der Waals surface area contributed by atoms with E-state index in [1.54, 1.807) is 7.11 Å². The lowest BCUT2D eigenvalue weighted by Gasteiger charge is -2.41. The monoisotopic (exact) mass is 380 g/mol. The molecule has 5 heteroatoms. The molecule has 0 N–H and O–H groups in total. The molecule has 0 saturated carbocycles. The average molecular weight is 381 g/mol. The van der Waals surface area contributed by atoms with E-state index in [9.17, 15) is 4.79 Å². The fraction of sp³-hybridized carbons (Fsp3) is 0.667. The number of benzene rings is 1. The van der Waals surface area contributed by atoms with Crippen molar-refractivity contribution >= 4 is 14.6 Å². The van der Waals surface area contributed by atoms with Gasteiger partial charge in [0.2, 0.25) is 0 Å². The van der Waals surface area contributed by atoms with Gasteiger partial charge in [0.05, 0.1) is 19.8 Å². The van der Waals surface area contributed by atoms with Crippen molar-refractivity contribution in [1.82, 2.24) is 0 Å². The van der Waals surface area contributed by atoms with Crippen molar-refractivity contribution in [2.45, 2.75) is 71.9 Å². The van der Waals surface area contributed by atoms with E-state index in [1.807, 2.05) is 24.3 Å². The minimum atomic E-state index is -1.84. The molecule has 0 fully saturated rings. The van der Waals surface area contributed by atoms with Gasteiger partial charge < -0.3 is 18.7 Å². The number of hydrogen-bond acceptors (Lipinski definition) is 4. The van der Waals surface area contributed by atoms with Gasteiger partial charge in [-0.05, 0) is 35.8 Å². The molecular formula is C21H36O4Si. The zero-order chi connectivity index (χ0) is 20.0. The molecule has 0 spiro atoms. The maximum absolute atomic E-state index is 11.2. The normalized spacial score (nSPS) is 14.2. The second-order valence-electron chi connectivity index (χ2n) is 9.09. The van der Waals surface area contributed by atoms with Gasteiger partial charge >= 0.3 is 0 Å². The predicted molar refractivity (Wildman–Crippen MR) is 109 cm³/mol. The molecule has 0 amide bonds. The van der Waals surface area contributed by atoms with Crippen LogP contribution in [-0.2, 0) is 20.6 Å². The molecule has 0 heterocycles. The van der Waals surface area contributed by atoms with Gasteiger partial charge in [-0.3, -0.25) is 0 Å². The van der Waals surface area contributed by atoms with Crippen LogP contribution in [0.25, 0.3) is 0 Å². The molecule has 0 saturated heterocycles. The Hall–Kier alpha value is -1.17. The molecule has 26 heavy (non-hydrogen) atoms. The van der Waals surface area contributed by atoms with Crippen molar-refractivity contribution in [1.29, 1.82) is 0 Å². The topological polar surface area (TPSA) is 44.8 Å². The van der Waals surface area contributed by atoms with Gasteiger partial charge in [-0.2, -0.15) is 0 Å². The van der Waals surface area contributed by atoms with Crippen molar-refractivity contribution in [3.63, 3.8) is 0 Å². The number of ether oxygens (including phenoxy) is 2. The maximum atomic E-state index is 11.2. The SMILES string of the molecule is COc1ccc(CO[C@@H](CC=O)C(C)(C)CO[Si](C)(C)C(C)(C)C)cc1. The Kier molecular flexibility index (Phi) is 8.05. The fourth-order valence-corrected chi connectivity index (χ4v) is 3.46. The molecule has 0 aliphatic rings. The number of carbonyl (C=O) groups is 1. The summed E-state index contributed by atoms with van der Waals surface area (Å²) in [6, 6.07) is 7.80. The lowest BCUT2D eigenvalue weighted by Crippen LogP contribution is -2.46. The van der Waals surface area contributed by atoms with Crippen molar-refractivity contribution < 1.29 is 18.7 Å². The van der Waals surface area contributed by atoms with Gasteiger partial charge in [0, 0.05) is 18.4 Å². The Morgan fingerprint density at radius 3 is 2.12 bits per heavy atom. The molecule has 0 aliphatic heterocycles. The van der Waals surface area contributed by atoms with Crippen LogP contribution in [-0.4, -0.2) is 34.4 Å². The second-order valence-corrected chi connectivity index (χ2v) is 13.9. The highest BCUT2D eigenvalue weighted by atomic mass is 28.4. The molecule has 0 unspecified atom stereocenters. The summed E-state index contributed by atoms with van der Waals surface area (Å²) in [5.74, 6) is 0.821. The predicted octanol–water partition coefficient (Wildman–Crippen LogP) is 5.22. The van der Waals surface area contributed by atoms with E-state index in [0.717, 1.165) is 17.6 Å². The van der Waals surface area contributed by atoms with Gasteiger partial charge in [0.15, 0.2) is 8.32 Å². The number of hydrogen-bond donors (Lipinski definition) is 0. The minimum Gasteiger partial charge on any atom is -0.497 e. The van der Waals surface area contributed by atoms with Crippen molar-refractivity contribution in [2.24, 2.45) is 5.41 Å². The second kappa shape index (κ2) is 9.15. The van der Waals surface area contributed by atoms with Crippen molar-refractivity contribution in [3.8, 4) is 5.75 Å². The summed E-state index contributed by atoms with van der Waals surface area (Å²) in [5.41, 5.74) is 0.811. The van der Waals surface area contributed by atoms with Crippen LogP contribution in [0.15, 0.2) is 24.3 Å². The Balaban J connectivity index is 2.74. The Labute approximate surface area is 160 Å². The molecule has 1 aromatic rings. The average Bonchev–Trinajstić information content (AvgIpc) is 2.56. The van der Waals surface area contributed by atoms with Gasteiger partial charge in [0.1, 0.15) is 12.0 Å². The molecule has 0 bridgehead atoms. The lowest BCUT2D eigenvalue weighted by molar-refractivity contribution is -0.115. The van der Waals surface area contributed by atoms with Crippen molar-refractivity contribution in [3.05, 3.63) is 29.8 Å². The zero-order valence-corrected chi connectivity index (χ0v) is 18.7. The van der Waals surface area contributed by atoms with E-state index >= 15 is 0 Å². The number of carbonyl (C=O) groups excluding carboxylic acids is 1. The molecule has 4 nitrogen and oxygen atoms in total. The van der Waals surface area contributed by atoms with Gasteiger partial charge in [0.25, 0.3) is 0 Å². The first kappa shape index (κ1) is 22.9. The Morgan fingerprint density at radius 1 is 1.08 bits per heavy atom.